The van der Waals surface area contributed by atoms with Crippen molar-refractivity contribution in [2.75, 3.05) is 11.9 Å². The van der Waals surface area contributed by atoms with E-state index in [0.29, 0.717) is 14.9 Å². The van der Waals surface area contributed by atoms with Crippen LogP contribution in [0.25, 0.3) is 5.57 Å². The minimum absolute atomic E-state index is 0.625. The number of thiocarbonyl (C=S) groups is 1. The fourth-order valence-electron chi connectivity index (χ4n) is 2.38. The van der Waals surface area contributed by atoms with Crippen molar-refractivity contribution in [3.8, 4) is 0 Å². The lowest BCUT2D eigenvalue weighted by Crippen LogP contribution is -2.12. The Balaban J connectivity index is 2.02. The zero-order chi connectivity index (χ0) is 14.8. The number of fused-ring (bicyclic) bond motifs is 1. The summed E-state index contributed by atoms with van der Waals surface area (Å²) >= 11 is 17.9. The van der Waals surface area contributed by atoms with Gasteiger partial charge in [0.2, 0.25) is 0 Å². The highest BCUT2D eigenvalue weighted by molar-refractivity contribution is 7.81. The molecule has 0 radical (unpaired) electrons. The van der Waals surface area contributed by atoms with E-state index in [2.05, 4.69) is 10.3 Å². The van der Waals surface area contributed by atoms with Crippen LogP contribution in [0, 0.1) is 0 Å². The van der Waals surface area contributed by atoms with Gasteiger partial charge >= 0.3 is 0 Å². The van der Waals surface area contributed by atoms with Crippen molar-refractivity contribution in [1.82, 2.24) is 4.98 Å². The van der Waals surface area contributed by atoms with Gasteiger partial charge in [0.25, 0.3) is 0 Å². The van der Waals surface area contributed by atoms with E-state index in [4.69, 9.17) is 35.4 Å². The Hall–Kier alpha value is -1.42. The van der Waals surface area contributed by atoms with Gasteiger partial charge in [0.15, 0.2) is 0 Å². The van der Waals surface area contributed by atoms with Crippen LogP contribution in [0.4, 0.5) is 5.69 Å². The number of rotatable bonds is 2. The Bertz CT molecular complexity index is 727. The Morgan fingerprint density at radius 3 is 2.90 bits per heavy atom. The summed E-state index contributed by atoms with van der Waals surface area (Å²) in [6.07, 6.45) is 4.59. The molecule has 0 bridgehead atoms. The molecule has 0 unspecified atom stereocenters. The normalized spacial score (nSPS) is 15.4. The lowest BCUT2D eigenvalue weighted by atomic mass is 9.95. The van der Waals surface area contributed by atoms with Crippen LogP contribution in [0.15, 0.2) is 42.6 Å². The molecule has 2 aromatic rings. The zero-order valence-corrected chi connectivity index (χ0v) is 13.4. The molecule has 1 aromatic carbocycles. The fraction of sp³-hybridized carbons (Fsp3) is 0.125. The van der Waals surface area contributed by atoms with Gasteiger partial charge in [-0.25, -0.2) is 0 Å². The van der Waals surface area contributed by atoms with Crippen molar-refractivity contribution in [3.05, 3.63) is 63.9 Å². The van der Waals surface area contributed by atoms with Crippen LogP contribution in [-0.2, 0) is 0 Å². The van der Waals surface area contributed by atoms with E-state index in [0.717, 1.165) is 35.5 Å². The van der Waals surface area contributed by atoms with Crippen molar-refractivity contribution >= 4 is 51.5 Å². The number of hydrogen-bond donors (Lipinski definition) is 1. The summed E-state index contributed by atoms with van der Waals surface area (Å²) in [5.41, 5.74) is 3.84. The molecule has 0 amide bonds. The SMILES string of the molecule is S=C(/C=C1\CCNc2cc(Cl)cc(Cl)c21)c1ccccn1. The molecule has 5 heteroatoms. The van der Waals surface area contributed by atoms with Gasteiger partial charge in [-0.2, -0.15) is 0 Å². The number of nitrogens with one attached hydrogen (secondary N) is 1. The Morgan fingerprint density at radius 1 is 1.29 bits per heavy atom. The van der Waals surface area contributed by atoms with E-state index in [-0.39, 0.29) is 0 Å². The molecule has 1 N–H and O–H groups in total. The minimum Gasteiger partial charge on any atom is -0.384 e. The highest BCUT2D eigenvalue weighted by Gasteiger charge is 2.18. The van der Waals surface area contributed by atoms with Crippen molar-refractivity contribution in [1.29, 1.82) is 0 Å². The quantitative estimate of drug-likeness (QED) is 0.475. The molecule has 1 aromatic heterocycles. The lowest BCUT2D eigenvalue weighted by molar-refractivity contribution is 1.05. The zero-order valence-electron chi connectivity index (χ0n) is 11.1. The number of benzene rings is 1. The summed E-state index contributed by atoms with van der Waals surface area (Å²) in [6.45, 7) is 0.834. The fourth-order valence-corrected chi connectivity index (χ4v) is 3.26. The maximum absolute atomic E-state index is 6.35. The number of hydrogen-bond acceptors (Lipinski definition) is 3. The number of pyridine rings is 1. The van der Waals surface area contributed by atoms with Gasteiger partial charge in [0.1, 0.15) is 0 Å². The van der Waals surface area contributed by atoms with Crippen LogP contribution < -0.4 is 5.32 Å². The first-order valence-electron chi connectivity index (χ1n) is 6.54. The van der Waals surface area contributed by atoms with Gasteiger partial charge in [-0.15, -0.1) is 0 Å². The van der Waals surface area contributed by atoms with E-state index in [1.807, 2.05) is 30.3 Å². The highest BCUT2D eigenvalue weighted by atomic mass is 35.5. The molecular weight excluding hydrogens is 323 g/mol. The largest absolute Gasteiger partial charge is 0.384 e. The topological polar surface area (TPSA) is 24.9 Å². The van der Waals surface area contributed by atoms with Crippen LogP contribution in [0.3, 0.4) is 0 Å². The molecule has 21 heavy (non-hydrogen) atoms. The predicted molar refractivity (Wildman–Crippen MR) is 93.5 cm³/mol. The average Bonchev–Trinajstić information content (AvgIpc) is 2.47. The van der Waals surface area contributed by atoms with Crippen LogP contribution in [0.1, 0.15) is 17.7 Å². The van der Waals surface area contributed by atoms with Crippen molar-refractivity contribution in [2.24, 2.45) is 0 Å². The Kier molecular flexibility index (Phi) is 4.24. The molecule has 0 atom stereocenters. The summed E-state index contributed by atoms with van der Waals surface area (Å²) in [7, 11) is 0. The molecular formula is C16H12Cl2N2S. The maximum atomic E-state index is 6.35. The van der Waals surface area contributed by atoms with Crippen LogP contribution in [-0.4, -0.2) is 16.4 Å². The van der Waals surface area contributed by atoms with E-state index in [9.17, 15) is 0 Å². The van der Waals surface area contributed by atoms with Crippen molar-refractivity contribution in [3.63, 3.8) is 0 Å². The van der Waals surface area contributed by atoms with Gasteiger partial charge in [0.05, 0.1) is 15.6 Å². The average molecular weight is 335 g/mol. The third kappa shape index (κ3) is 3.10. The smallest absolute Gasteiger partial charge is 0.0810 e. The second-order valence-corrected chi connectivity index (χ2v) is 6.02. The van der Waals surface area contributed by atoms with Gasteiger partial charge < -0.3 is 5.32 Å². The standard InChI is InChI=1S/C16H12Cl2N2S/c17-11-8-12(18)16-10(4-6-20-14(16)9-11)7-15(21)13-3-1-2-5-19-13/h1-3,5,7-9,20H,4,6H2/b10-7+. The molecule has 1 aliphatic heterocycles. The van der Waals surface area contributed by atoms with E-state index in [1.165, 1.54) is 0 Å². The first-order valence-corrected chi connectivity index (χ1v) is 7.71. The van der Waals surface area contributed by atoms with Crippen LogP contribution >= 0.6 is 35.4 Å². The number of halogens is 2. The molecule has 1 aliphatic rings. The monoisotopic (exact) mass is 334 g/mol. The van der Waals surface area contributed by atoms with Gasteiger partial charge in [-0.3, -0.25) is 4.98 Å². The predicted octanol–water partition coefficient (Wildman–Crippen LogP) is 5.01. The molecule has 2 heterocycles. The van der Waals surface area contributed by atoms with Crippen molar-refractivity contribution < 1.29 is 0 Å². The summed E-state index contributed by atoms with van der Waals surface area (Å²) in [6, 6.07) is 9.35. The van der Waals surface area contributed by atoms with E-state index < -0.39 is 0 Å². The molecule has 106 valence electrons. The number of allylic oxidation sites excluding steroid dienone is 1. The van der Waals surface area contributed by atoms with Crippen LogP contribution in [0.2, 0.25) is 10.0 Å². The first kappa shape index (κ1) is 14.5. The van der Waals surface area contributed by atoms with Crippen LogP contribution in [0.5, 0.6) is 0 Å². The highest BCUT2D eigenvalue weighted by Crippen LogP contribution is 2.38. The molecule has 3 rings (SSSR count). The first-order chi connectivity index (χ1) is 10.1. The van der Waals surface area contributed by atoms with Gasteiger partial charge in [-0.05, 0) is 42.3 Å². The maximum Gasteiger partial charge on any atom is 0.0810 e. The number of anilines is 1. The summed E-state index contributed by atoms with van der Waals surface area (Å²) in [4.78, 5) is 4.99. The summed E-state index contributed by atoms with van der Waals surface area (Å²) < 4.78 is 0. The number of aromatic nitrogens is 1. The third-order valence-electron chi connectivity index (χ3n) is 3.31. The van der Waals surface area contributed by atoms with Gasteiger partial charge in [-0.1, -0.05) is 41.5 Å². The molecule has 0 aliphatic carbocycles. The van der Waals surface area contributed by atoms with E-state index >= 15 is 0 Å². The van der Waals surface area contributed by atoms with E-state index in [1.54, 1.807) is 12.3 Å². The molecule has 2 nitrogen and oxygen atoms in total. The lowest BCUT2D eigenvalue weighted by Gasteiger charge is -2.22. The molecule has 0 saturated heterocycles. The minimum atomic E-state index is 0.625. The Morgan fingerprint density at radius 2 is 2.14 bits per heavy atom. The third-order valence-corrected chi connectivity index (χ3v) is 4.15. The van der Waals surface area contributed by atoms with Crippen molar-refractivity contribution in [2.45, 2.75) is 6.42 Å². The Labute approximate surface area is 138 Å². The summed E-state index contributed by atoms with van der Waals surface area (Å²) in [5.74, 6) is 0. The second-order valence-electron chi connectivity index (χ2n) is 4.74. The summed E-state index contributed by atoms with van der Waals surface area (Å²) in [5, 5.41) is 4.58. The molecule has 0 fully saturated rings. The molecule has 0 saturated carbocycles. The molecule has 0 spiro atoms. The van der Waals surface area contributed by atoms with Gasteiger partial charge in [0, 0.05) is 29.0 Å². The number of nitrogens with zero attached hydrogens (tertiary/aromatic N) is 1. The second kappa shape index (κ2) is 6.14.